The molecule has 0 spiro atoms. The van der Waals surface area contributed by atoms with Crippen LogP contribution in [0.3, 0.4) is 0 Å². The van der Waals surface area contributed by atoms with Gasteiger partial charge in [0.25, 0.3) is 5.78 Å². The molecule has 0 bridgehead atoms. The maximum absolute atomic E-state index is 9.32. The lowest BCUT2D eigenvalue weighted by atomic mass is 10.2. The molecule has 3 heterocycles. The molecule has 3 rings (SSSR count). The van der Waals surface area contributed by atoms with Gasteiger partial charge < -0.3 is 10.4 Å². The van der Waals surface area contributed by atoms with Crippen molar-refractivity contribution >= 4 is 11.6 Å². The van der Waals surface area contributed by atoms with E-state index < -0.39 is 0 Å². The van der Waals surface area contributed by atoms with Crippen molar-refractivity contribution in [2.45, 2.75) is 38.6 Å². The number of fused-ring (bicyclic) bond motifs is 1. The number of unbranched alkanes of at least 4 members (excludes halogenated alkanes) is 1. The van der Waals surface area contributed by atoms with Crippen molar-refractivity contribution in [3.63, 3.8) is 0 Å². The lowest BCUT2D eigenvalue weighted by molar-refractivity contribution is 0.157. The Morgan fingerprint density at radius 2 is 2.32 bits per heavy atom. The SMILES string of the molecule is Cc1cc(NCCCCN2CCC[C@H]2CO)n2ncnc2n1. The minimum Gasteiger partial charge on any atom is -0.395 e. The van der Waals surface area contributed by atoms with Crippen LogP contribution >= 0.6 is 0 Å². The van der Waals surface area contributed by atoms with Crippen molar-refractivity contribution in [3.05, 3.63) is 18.1 Å². The second kappa shape index (κ2) is 7.02. The van der Waals surface area contributed by atoms with Gasteiger partial charge in [0.05, 0.1) is 6.61 Å². The number of nitrogens with zero attached hydrogens (tertiary/aromatic N) is 5. The van der Waals surface area contributed by atoms with Gasteiger partial charge in [0.15, 0.2) is 0 Å². The number of aromatic nitrogens is 4. The van der Waals surface area contributed by atoms with Crippen molar-refractivity contribution < 1.29 is 5.11 Å². The summed E-state index contributed by atoms with van der Waals surface area (Å²) in [4.78, 5) is 10.9. The summed E-state index contributed by atoms with van der Waals surface area (Å²) in [5.41, 5.74) is 0.936. The van der Waals surface area contributed by atoms with E-state index in [2.05, 4.69) is 25.3 Å². The number of aryl methyl sites for hydroxylation is 1. The van der Waals surface area contributed by atoms with Gasteiger partial charge in [-0.25, -0.2) is 4.98 Å². The molecule has 0 aliphatic carbocycles. The van der Waals surface area contributed by atoms with Crippen LogP contribution in [0.4, 0.5) is 5.82 Å². The third-order valence-electron chi connectivity index (χ3n) is 4.27. The summed E-state index contributed by atoms with van der Waals surface area (Å²) < 4.78 is 1.73. The Morgan fingerprint density at radius 1 is 1.41 bits per heavy atom. The van der Waals surface area contributed by atoms with Gasteiger partial charge in [-0.1, -0.05) is 0 Å². The molecule has 1 aliphatic heterocycles. The average Bonchev–Trinajstić information content (AvgIpc) is 3.14. The van der Waals surface area contributed by atoms with Crippen LogP contribution in [0, 0.1) is 6.92 Å². The number of aliphatic hydroxyl groups is 1. The average molecular weight is 304 g/mol. The maximum Gasteiger partial charge on any atom is 0.254 e. The first-order valence-corrected chi connectivity index (χ1v) is 8.04. The van der Waals surface area contributed by atoms with Gasteiger partial charge in [0.2, 0.25) is 0 Å². The van der Waals surface area contributed by atoms with Gasteiger partial charge in [-0.15, -0.1) is 0 Å². The van der Waals surface area contributed by atoms with Crippen LogP contribution in [0.25, 0.3) is 5.78 Å². The molecule has 2 aromatic heterocycles. The lowest BCUT2D eigenvalue weighted by Crippen LogP contribution is -2.33. The molecule has 1 atom stereocenters. The summed E-state index contributed by atoms with van der Waals surface area (Å²) in [7, 11) is 0. The molecule has 1 saturated heterocycles. The minimum absolute atomic E-state index is 0.290. The molecular formula is C15H24N6O. The standard InChI is InChI=1S/C15H24N6O/c1-12-9-14(21-15(19-12)17-11-18-21)16-6-2-3-7-20-8-4-5-13(20)10-22/h9,11,13,16,22H,2-8,10H2,1H3/t13-/m0/s1. The molecule has 1 aliphatic rings. The number of aliphatic hydroxyl groups excluding tert-OH is 1. The summed E-state index contributed by atoms with van der Waals surface area (Å²) >= 11 is 0. The summed E-state index contributed by atoms with van der Waals surface area (Å²) in [5.74, 6) is 1.57. The molecule has 7 nitrogen and oxygen atoms in total. The highest BCUT2D eigenvalue weighted by molar-refractivity contribution is 5.44. The highest BCUT2D eigenvalue weighted by Crippen LogP contribution is 2.17. The van der Waals surface area contributed by atoms with Crippen molar-refractivity contribution in [1.29, 1.82) is 0 Å². The molecule has 120 valence electrons. The smallest absolute Gasteiger partial charge is 0.254 e. The largest absolute Gasteiger partial charge is 0.395 e. The monoisotopic (exact) mass is 304 g/mol. The number of nitrogens with one attached hydrogen (secondary N) is 1. The third-order valence-corrected chi connectivity index (χ3v) is 4.27. The molecular weight excluding hydrogens is 280 g/mol. The minimum atomic E-state index is 0.290. The summed E-state index contributed by atoms with van der Waals surface area (Å²) in [6.45, 7) is 5.35. The van der Waals surface area contributed by atoms with Crippen LogP contribution in [0.5, 0.6) is 0 Å². The first-order valence-electron chi connectivity index (χ1n) is 8.04. The van der Waals surface area contributed by atoms with Gasteiger partial charge in [-0.3, -0.25) is 4.90 Å². The quantitative estimate of drug-likeness (QED) is 0.745. The second-order valence-electron chi connectivity index (χ2n) is 5.90. The Morgan fingerprint density at radius 3 is 3.18 bits per heavy atom. The molecule has 2 aromatic rings. The molecule has 0 aromatic carbocycles. The van der Waals surface area contributed by atoms with Crippen molar-refractivity contribution in [1.82, 2.24) is 24.5 Å². The predicted octanol–water partition coefficient (Wildman–Crippen LogP) is 1.08. The molecule has 0 unspecified atom stereocenters. The third kappa shape index (κ3) is 3.36. The van der Waals surface area contributed by atoms with E-state index in [1.54, 1.807) is 4.52 Å². The van der Waals surface area contributed by atoms with Gasteiger partial charge in [0.1, 0.15) is 12.1 Å². The molecule has 2 N–H and O–H groups in total. The first-order chi connectivity index (χ1) is 10.8. The topological polar surface area (TPSA) is 78.6 Å². The molecule has 22 heavy (non-hydrogen) atoms. The van der Waals surface area contributed by atoms with E-state index in [0.29, 0.717) is 18.4 Å². The zero-order chi connectivity index (χ0) is 15.4. The highest BCUT2D eigenvalue weighted by Gasteiger charge is 2.22. The molecule has 0 saturated carbocycles. The van der Waals surface area contributed by atoms with Gasteiger partial charge >= 0.3 is 0 Å². The van der Waals surface area contributed by atoms with E-state index in [1.807, 2.05) is 13.0 Å². The van der Waals surface area contributed by atoms with Crippen LogP contribution < -0.4 is 5.32 Å². The second-order valence-corrected chi connectivity index (χ2v) is 5.90. The summed E-state index contributed by atoms with van der Waals surface area (Å²) in [6.07, 6.45) is 6.09. The van der Waals surface area contributed by atoms with Gasteiger partial charge in [-0.05, 0) is 45.7 Å². The zero-order valence-electron chi connectivity index (χ0n) is 13.1. The number of likely N-dealkylation sites (tertiary alicyclic amines) is 1. The molecule has 0 radical (unpaired) electrons. The van der Waals surface area contributed by atoms with E-state index in [1.165, 1.54) is 12.7 Å². The van der Waals surface area contributed by atoms with Crippen molar-refractivity contribution in [2.75, 3.05) is 31.6 Å². The molecule has 7 heteroatoms. The fraction of sp³-hybridized carbons (Fsp3) is 0.667. The Bertz CT molecular complexity index is 613. The number of hydrogen-bond acceptors (Lipinski definition) is 6. The van der Waals surface area contributed by atoms with Gasteiger partial charge in [-0.2, -0.15) is 14.6 Å². The van der Waals surface area contributed by atoms with Crippen molar-refractivity contribution in [2.24, 2.45) is 0 Å². The van der Waals surface area contributed by atoms with Crippen LogP contribution in [0.2, 0.25) is 0 Å². The Kier molecular flexibility index (Phi) is 4.84. The van der Waals surface area contributed by atoms with Crippen LogP contribution in [-0.4, -0.2) is 61.9 Å². The van der Waals surface area contributed by atoms with Crippen molar-refractivity contribution in [3.8, 4) is 0 Å². The Labute approximate surface area is 130 Å². The fourth-order valence-corrected chi connectivity index (χ4v) is 3.11. The highest BCUT2D eigenvalue weighted by atomic mass is 16.3. The van der Waals surface area contributed by atoms with E-state index in [9.17, 15) is 5.11 Å². The predicted molar refractivity (Wildman–Crippen MR) is 84.9 cm³/mol. The Balaban J connectivity index is 1.45. The summed E-state index contributed by atoms with van der Waals surface area (Å²) in [6, 6.07) is 2.37. The lowest BCUT2D eigenvalue weighted by Gasteiger charge is -2.22. The Hall–Kier alpha value is -1.73. The van der Waals surface area contributed by atoms with E-state index in [0.717, 1.165) is 50.4 Å². The maximum atomic E-state index is 9.32. The van der Waals surface area contributed by atoms with E-state index in [4.69, 9.17) is 0 Å². The van der Waals surface area contributed by atoms with Crippen LogP contribution in [0.1, 0.15) is 31.4 Å². The molecule has 0 amide bonds. The number of hydrogen-bond donors (Lipinski definition) is 2. The molecule has 1 fully saturated rings. The van der Waals surface area contributed by atoms with Gasteiger partial charge in [0, 0.05) is 24.3 Å². The fourth-order valence-electron chi connectivity index (χ4n) is 3.11. The summed E-state index contributed by atoms with van der Waals surface area (Å²) in [5, 5.41) is 16.9. The number of rotatable bonds is 7. The number of anilines is 1. The van der Waals surface area contributed by atoms with Crippen LogP contribution in [0.15, 0.2) is 12.4 Å². The first kappa shape index (κ1) is 15.2. The normalized spacial score (nSPS) is 19.1. The van der Waals surface area contributed by atoms with E-state index in [-0.39, 0.29) is 0 Å². The van der Waals surface area contributed by atoms with Crippen LogP contribution in [-0.2, 0) is 0 Å². The zero-order valence-corrected chi connectivity index (χ0v) is 13.1. The van der Waals surface area contributed by atoms with E-state index >= 15 is 0 Å².